The molecule has 0 aliphatic carbocycles. The van der Waals surface area contributed by atoms with Crippen molar-refractivity contribution in [3.63, 3.8) is 0 Å². The van der Waals surface area contributed by atoms with Gasteiger partial charge in [0.1, 0.15) is 6.67 Å². The molecule has 0 bridgehead atoms. The van der Waals surface area contributed by atoms with Crippen LogP contribution in [0.15, 0.2) is 28.6 Å². The Morgan fingerprint density at radius 2 is 2.03 bits per heavy atom. The van der Waals surface area contributed by atoms with Gasteiger partial charge in [0.05, 0.1) is 12.1 Å². The number of thioether (sulfide) groups is 1. The Hall–Kier alpha value is -1.52. The Morgan fingerprint density at radius 1 is 1.27 bits per heavy atom. The predicted molar refractivity (Wildman–Crippen MR) is 122 cm³/mol. The number of hydroxylamine groups is 2. The fourth-order valence-electron chi connectivity index (χ4n) is 3.50. The molecule has 1 aliphatic heterocycles. The molecule has 2 atom stereocenters. The van der Waals surface area contributed by atoms with Crippen LogP contribution in [-0.2, 0) is 11.2 Å². The van der Waals surface area contributed by atoms with Gasteiger partial charge in [0.15, 0.2) is 4.34 Å². The van der Waals surface area contributed by atoms with Gasteiger partial charge in [-0.3, -0.25) is 4.65 Å². The standard InChI is InChI=1S/C21H30N4O3S2/c1-4-6-7-8-9-16-10-12-17(13-11-16)19(26)28-18-14-24(3)15-25(18,27)20-22-23-21(30-20)29-5-2/h10-13,18H,4-9,14-15H2,1-3H3. The number of aromatic nitrogens is 2. The first-order valence-corrected chi connectivity index (χ1v) is 12.3. The van der Waals surface area contributed by atoms with E-state index in [4.69, 9.17) is 4.74 Å². The van der Waals surface area contributed by atoms with Gasteiger partial charge in [-0.05, 0) is 54.7 Å². The molecule has 1 aliphatic rings. The fraction of sp³-hybridized carbons (Fsp3) is 0.571. The quantitative estimate of drug-likeness (QED) is 0.171. The lowest BCUT2D eigenvalue weighted by molar-refractivity contribution is 0.00559. The van der Waals surface area contributed by atoms with E-state index in [0.29, 0.717) is 17.2 Å². The molecule has 2 heterocycles. The fourth-order valence-corrected chi connectivity index (χ4v) is 5.31. The predicted octanol–water partition coefficient (Wildman–Crippen LogP) is 4.66. The minimum atomic E-state index is -0.858. The highest BCUT2D eigenvalue weighted by molar-refractivity contribution is 8.01. The lowest BCUT2D eigenvalue weighted by Gasteiger charge is -2.38. The molecular weight excluding hydrogens is 420 g/mol. The molecule has 2 unspecified atom stereocenters. The van der Waals surface area contributed by atoms with Crippen LogP contribution in [0.4, 0.5) is 5.13 Å². The summed E-state index contributed by atoms with van der Waals surface area (Å²) < 4.78 is 5.62. The number of carbonyl (C=O) groups excluding carboxylic acids is 1. The third-order valence-electron chi connectivity index (χ3n) is 5.12. The van der Waals surface area contributed by atoms with Crippen LogP contribution in [0.1, 0.15) is 55.5 Å². The van der Waals surface area contributed by atoms with Gasteiger partial charge in [-0.15, -0.1) is 5.10 Å². The van der Waals surface area contributed by atoms with E-state index >= 15 is 0 Å². The minimum absolute atomic E-state index is 0.181. The number of nitrogens with zero attached hydrogens (tertiary/aromatic N) is 4. The van der Waals surface area contributed by atoms with Crippen LogP contribution in [0, 0.1) is 5.21 Å². The Labute approximate surface area is 186 Å². The Kier molecular flexibility index (Phi) is 8.24. The molecule has 0 amide bonds. The number of ether oxygens (including phenoxy) is 1. The molecule has 0 radical (unpaired) electrons. The van der Waals surface area contributed by atoms with Crippen molar-refractivity contribution in [1.82, 2.24) is 19.7 Å². The Bertz CT molecular complexity index is 830. The molecule has 1 saturated heterocycles. The number of unbranched alkanes of at least 4 members (excludes halogenated alkanes) is 3. The summed E-state index contributed by atoms with van der Waals surface area (Å²) in [4.78, 5) is 14.6. The molecule has 1 aromatic carbocycles. The normalized spacial score (nSPS) is 21.8. The molecule has 7 nitrogen and oxygen atoms in total. The van der Waals surface area contributed by atoms with Crippen molar-refractivity contribution < 1.29 is 9.53 Å². The van der Waals surface area contributed by atoms with Gasteiger partial charge in [0.2, 0.25) is 0 Å². The Morgan fingerprint density at radius 3 is 2.73 bits per heavy atom. The van der Waals surface area contributed by atoms with Crippen LogP contribution in [0.5, 0.6) is 0 Å². The molecule has 0 spiro atoms. The van der Waals surface area contributed by atoms with Crippen LogP contribution in [-0.4, -0.2) is 53.3 Å². The number of rotatable bonds is 10. The molecule has 2 aromatic rings. The highest BCUT2D eigenvalue weighted by Crippen LogP contribution is 2.36. The zero-order valence-electron chi connectivity index (χ0n) is 17.9. The molecule has 0 N–H and O–H groups in total. The van der Waals surface area contributed by atoms with Gasteiger partial charge in [-0.2, -0.15) is 0 Å². The summed E-state index contributed by atoms with van der Waals surface area (Å²) in [5.41, 5.74) is 1.68. The van der Waals surface area contributed by atoms with Gasteiger partial charge in [-0.25, -0.2) is 9.69 Å². The second kappa shape index (κ2) is 10.7. The van der Waals surface area contributed by atoms with Crippen molar-refractivity contribution in [1.29, 1.82) is 0 Å². The molecule has 9 heteroatoms. The maximum Gasteiger partial charge on any atom is 0.342 e. The van der Waals surface area contributed by atoms with Crippen molar-refractivity contribution in [3.8, 4) is 0 Å². The molecule has 3 rings (SSSR count). The zero-order chi connectivity index (χ0) is 21.6. The molecule has 1 fully saturated rings. The topological polar surface area (TPSA) is 78.4 Å². The van der Waals surface area contributed by atoms with Crippen molar-refractivity contribution in [3.05, 3.63) is 40.6 Å². The number of quaternary nitrogens is 1. The van der Waals surface area contributed by atoms with E-state index in [2.05, 4.69) is 17.1 Å². The van der Waals surface area contributed by atoms with E-state index in [0.717, 1.165) is 22.9 Å². The highest BCUT2D eigenvalue weighted by atomic mass is 32.2. The number of likely N-dealkylation sites (N-methyl/N-ethyl adjacent to an activating group) is 1. The van der Waals surface area contributed by atoms with Crippen LogP contribution in [0.3, 0.4) is 0 Å². The summed E-state index contributed by atoms with van der Waals surface area (Å²) in [6.07, 6.45) is 5.01. The first kappa shape index (κ1) is 23.1. The second-order valence-electron chi connectivity index (χ2n) is 7.63. The number of benzene rings is 1. The third-order valence-corrected chi connectivity index (χ3v) is 7.17. The van der Waals surface area contributed by atoms with E-state index in [-0.39, 0.29) is 6.67 Å². The average Bonchev–Trinajstić information content (AvgIpc) is 3.31. The summed E-state index contributed by atoms with van der Waals surface area (Å²) in [6.45, 7) is 4.77. The lowest BCUT2D eigenvalue weighted by Crippen LogP contribution is -2.50. The van der Waals surface area contributed by atoms with E-state index in [1.165, 1.54) is 36.2 Å². The summed E-state index contributed by atoms with van der Waals surface area (Å²) in [7, 11) is 1.84. The maximum atomic E-state index is 13.6. The first-order chi connectivity index (χ1) is 14.5. The number of hydrogen-bond donors (Lipinski definition) is 0. The lowest BCUT2D eigenvalue weighted by atomic mass is 10.0. The smallest absolute Gasteiger partial charge is 0.342 e. The zero-order valence-corrected chi connectivity index (χ0v) is 19.5. The largest absolute Gasteiger partial charge is 0.622 e. The molecule has 1 aromatic heterocycles. The number of carbonyl (C=O) groups is 1. The highest BCUT2D eigenvalue weighted by Gasteiger charge is 2.45. The number of aryl methyl sites for hydroxylation is 1. The van der Waals surface area contributed by atoms with Gasteiger partial charge < -0.3 is 9.94 Å². The van der Waals surface area contributed by atoms with Gasteiger partial charge in [0.25, 0.3) is 6.23 Å². The molecule has 0 saturated carbocycles. The van der Waals surface area contributed by atoms with E-state index in [9.17, 15) is 10.0 Å². The minimum Gasteiger partial charge on any atom is -0.622 e. The molecule has 30 heavy (non-hydrogen) atoms. The summed E-state index contributed by atoms with van der Waals surface area (Å²) in [5.74, 6) is 0.388. The summed E-state index contributed by atoms with van der Waals surface area (Å²) >= 11 is 2.83. The van der Waals surface area contributed by atoms with Crippen LogP contribution in [0.2, 0.25) is 0 Å². The number of esters is 1. The number of hydrogen-bond acceptors (Lipinski definition) is 8. The average molecular weight is 451 g/mol. The SMILES string of the molecule is CCCCCCc1ccc(C(=O)OC2CN(C)C[N+]2([O-])c2nnc(SCC)s2)cc1. The summed E-state index contributed by atoms with van der Waals surface area (Å²) in [6, 6.07) is 7.52. The van der Waals surface area contributed by atoms with Crippen molar-refractivity contribution in [2.24, 2.45) is 0 Å². The van der Waals surface area contributed by atoms with Gasteiger partial charge >= 0.3 is 11.1 Å². The van der Waals surface area contributed by atoms with Crippen LogP contribution >= 0.6 is 23.1 Å². The monoisotopic (exact) mass is 450 g/mol. The van der Waals surface area contributed by atoms with Crippen LogP contribution < -0.4 is 4.65 Å². The molecular formula is C21H30N4O3S2. The second-order valence-corrected chi connectivity index (χ2v) is 10.1. The van der Waals surface area contributed by atoms with E-state index in [1.54, 1.807) is 23.9 Å². The van der Waals surface area contributed by atoms with E-state index < -0.39 is 16.8 Å². The van der Waals surface area contributed by atoms with Crippen molar-refractivity contribution in [2.45, 2.75) is 56.5 Å². The maximum absolute atomic E-state index is 13.6. The van der Waals surface area contributed by atoms with Gasteiger partial charge in [-0.1, -0.05) is 62.1 Å². The Balaban J connectivity index is 1.65. The summed E-state index contributed by atoms with van der Waals surface area (Å²) in [5, 5.41) is 22.1. The van der Waals surface area contributed by atoms with Crippen molar-refractivity contribution >= 4 is 34.2 Å². The van der Waals surface area contributed by atoms with E-state index in [1.807, 2.05) is 31.0 Å². The first-order valence-electron chi connectivity index (χ1n) is 10.5. The molecule has 164 valence electrons. The van der Waals surface area contributed by atoms with Gasteiger partial charge in [0, 0.05) is 0 Å². The van der Waals surface area contributed by atoms with Crippen LogP contribution in [0.25, 0.3) is 0 Å². The van der Waals surface area contributed by atoms with Crippen molar-refractivity contribution in [2.75, 3.05) is 26.0 Å². The third kappa shape index (κ3) is 5.59.